The molecule has 170 valence electrons. The number of aryl methyl sites for hydroxylation is 1. The van der Waals surface area contributed by atoms with Gasteiger partial charge in [-0.3, -0.25) is 0 Å². The van der Waals surface area contributed by atoms with Crippen LogP contribution in [0.2, 0.25) is 0 Å². The fraction of sp³-hybridized carbons (Fsp3) is 0.321. The Balaban J connectivity index is 1.56. The minimum Gasteiger partial charge on any atom is -0.245 e. The second kappa shape index (κ2) is 9.84. The van der Waals surface area contributed by atoms with Crippen molar-refractivity contribution in [2.24, 2.45) is 0 Å². The molecule has 0 saturated carbocycles. The standard InChI is InChI=1S/C28H32N4S/c1-6-32-30-25(22-14-8-7-9-15-22)26(31-32)23-16-10-12-21(18-23)13-11-17-28(4,5)24-19-33-27(29-24)20(2)3/h7-16,18-20H,6,17H2,1-5H3/b13-11+. The summed E-state index contributed by atoms with van der Waals surface area (Å²) in [4.78, 5) is 6.64. The second-order valence-electron chi connectivity index (χ2n) is 9.29. The topological polar surface area (TPSA) is 43.6 Å². The first-order valence-electron chi connectivity index (χ1n) is 11.6. The molecule has 33 heavy (non-hydrogen) atoms. The van der Waals surface area contributed by atoms with Gasteiger partial charge in [0.1, 0.15) is 11.4 Å². The number of rotatable bonds is 8. The van der Waals surface area contributed by atoms with E-state index in [4.69, 9.17) is 15.2 Å². The van der Waals surface area contributed by atoms with Crippen molar-refractivity contribution in [3.05, 3.63) is 82.3 Å². The Morgan fingerprint density at radius 2 is 1.67 bits per heavy atom. The summed E-state index contributed by atoms with van der Waals surface area (Å²) in [5.74, 6) is 0.476. The van der Waals surface area contributed by atoms with Crippen LogP contribution in [0.4, 0.5) is 0 Å². The van der Waals surface area contributed by atoms with Gasteiger partial charge in [0.2, 0.25) is 0 Å². The summed E-state index contributed by atoms with van der Waals surface area (Å²) in [6, 6.07) is 18.8. The van der Waals surface area contributed by atoms with Crippen LogP contribution >= 0.6 is 11.3 Å². The smallest absolute Gasteiger partial charge is 0.121 e. The van der Waals surface area contributed by atoms with Crippen LogP contribution in [-0.4, -0.2) is 20.0 Å². The van der Waals surface area contributed by atoms with E-state index in [1.165, 1.54) is 10.7 Å². The van der Waals surface area contributed by atoms with Crippen molar-refractivity contribution in [3.8, 4) is 22.5 Å². The normalized spacial score (nSPS) is 12.2. The number of hydrogen-bond donors (Lipinski definition) is 0. The molecule has 5 heteroatoms. The lowest BCUT2D eigenvalue weighted by Gasteiger charge is -2.20. The Morgan fingerprint density at radius 3 is 2.33 bits per heavy atom. The molecule has 0 fully saturated rings. The number of aromatic nitrogens is 4. The highest BCUT2D eigenvalue weighted by atomic mass is 32.1. The summed E-state index contributed by atoms with van der Waals surface area (Å²) in [6.07, 6.45) is 5.39. The third kappa shape index (κ3) is 5.31. The lowest BCUT2D eigenvalue weighted by Crippen LogP contribution is -2.16. The third-order valence-electron chi connectivity index (χ3n) is 5.79. The molecule has 0 spiro atoms. The van der Waals surface area contributed by atoms with Gasteiger partial charge in [0, 0.05) is 27.8 Å². The van der Waals surface area contributed by atoms with Gasteiger partial charge in [-0.15, -0.1) is 11.3 Å². The Labute approximate surface area is 201 Å². The number of allylic oxidation sites excluding steroid dienone is 1. The first-order chi connectivity index (χ1) is 15.9. The molecule has 2 aromatic heterocycles. The molecule has 0 radical (unpaired) electrons. The Hall–Kier alpha value is -3.05. The van der Waals surface area contributed by atoms with E-state index in [9.17, 15) is 0 Å². The summed E-state index contributed by atoms with van der Waals surface area (Å²) >= 11 is 1.77. The lowest BCUT2D eigenvalue weighted by molar-refractivity contribution is 0.518. The fourth-order valence-electron chi connectivity index (χ4n) is 3.72. The van der Waals surface area contributed by atoms with Crippen molar-refractivity contribution >= 4 is 17.4 Å². The van der Waals surface area contributed by atoms with Crippen LogP contribution in [0.25, 0.3) is 28.6 Å². The lowest BCUT2D eigenvalue weighted by atomic mass is 9.86. The summed E-state index contributed by atoms with van der Waals surface area (Å²) in [5.41, 5.74) is 6.34. The molecule has 0 N–H and O–H groups in total. The van der Waals surface area contributed by atoms with Gasteiger partial charge in [-0.2, -0.15) is 15.0 Å². The average Bonchev–Trinajstić information content (AvgIpc) is 3.48. The minimum absolute atomic E-state index is 0.00203. The molecule has 0 aliphatic carbocycles. The van der Waals surface area contributed by atoms with E-state index in [0.29, 0.717) is 5.92 Å². The first kappa shape index (κ1) is 23.1. The van der Waals surface area contributed by atoms with Gasteiger partial charge >= 0.3 is 0 Å². The molecule has 4 aromatic rings. The average molecular weight is 457 g/mol. The van der Waals surface area contributed by atoms with Gasteiger partial charge in [0.05, 0.1) is 17.2 Å². The zero-order chi connectivity index (χ0) is 23.4. The number of nitrogens with zero attached hydrogens (tertiary/aromatic N) is 4. The van der Waals surface area contributed by atoms with Crippen LogP contribution in [0.5, 0.6) is 0 Å². The predicted octanol–water partition coefficient (Wildman–Crippen LogP) is 7.59. The first-order valence-corrected chi connectivity index (χ1v) is 12.5. The quantitative estimate of drug-likeness (QED) is 0.274. The molecule has 4 nitrogen and oxygen atoms in total. The van der Waals surface area contributed by atoms with E-state index in [1.54, 1.807) is 16.1 Å². The highest BCUT2D eigenvalue weighted by Gasteiger charge is 2.23. The minimum atomic E-state index is 0.00203. The summed E-state index contributed by atoms with van der Waals surface area (Å²) < 4.78 is 0. The van der Waals surface area contributed by atoms with Gasteiger partial charge in [0.25, 0.3) is 0 Å². The summed E-state index contributed by atoms with van der Waals surface area (Å²) in [5, 5.41) is 12.9. The van der Waals surface area contributed by atoms with Gasteiger partial charge in [0.15, 0.2) is 0 Å². The maximum atomic E-state index is 4.88. The van der Waals surface area contributed by atoms with Crippen molar-refractivity contribution in [2.45, 2.75) is 58.9 Å². The second-order valence-corrected chi connectivity index (χ2v) is 10.2. The molecule has 2 heterocycles. The van der Waals surface area contributed by atoms with Crippen molar-refractivity contribution in [2.75, 3.05) is 0 Å². The van der Waals surface area contributed by atoms with Gasteiger partial charge in [-0.1, -0.05) is 88.4 Å². The van der Waals surface area contributed by atoms with E-state index < -0.39 is 0 Å². The highest BCUT2D eigenvalue weighted by Crippen LogP contribution is 2.32. The van der Waals surface area contributed by atoms with Crippen molar-refractivity contribution in [1.82, 2.24) is 20.0 Å². The fourth-order valence-corrected chi connectivity index (χ4v) is 4.75. The number of hydrogen-bond acceptors (Lipinski definition) is 4. The van der Waals surface area contributed by atoms with E-state index in [0.717, 1.165) is 41.0 Å². The van der Waals surface area contributed by atoms with Crippen LogP contribution in [0.15, 0.2) is 66.1 Å². The molecule has 0 amide bonds. The van der Waals surface area contributed by atoms with Crippen LogP contribution < -0.4 is 0 Å². The maximum absolute atomic E-state index is 4.88. The van der Waals surface area contributed by atoms with E-state index >= 15 is 0 Å². The molecule has 2 aromatic carbocycles. The Morgan fingerprint density at radius 1 is 0.970 bits per heavy atom. The largest absolute Gasteiger partial charge is 0.245 e. The van der Waals surface area contributed by atoms with Crippen LogP contribution in [0, 0.1) is 0 Å². The van der Waals surface area contributed by atoms with Crippen LogP contribution in [0.1, 0.15) is 63.2 Å². The number of benzene rings is 2. The van der Waals surface area contributed by atoms with Crippen molar-refractivity contribution in [3.63, 3.8) is 0 Å². The predicted molar refractivity (Wildman–Crippen MR) is 139 cm³/mol. The Kier molecular flexibility index (Phi) is 6.89. The molecule has 4 rings (SSSR count). The maximum Gasteiger partial charge on any atom is 0.121 e. The van der Waals surface area contributed by atoms with Crippen molar-refractivity contribution in [1.29, 1.82) is 0 Å². The monoisotopic (exact) mass is 456 g/mol. The SMILES string of the molecule is CCn1nc(-c2ccccc2)c(-c2cccc(/C=C/CC(C)(C)c3csc(C(C)C)n3)c2)n1. The molecule has 0 bridgehead atoms. The third-order valence-corrected chi connectivity index (χ3v) is 6.94. The number of thiazole rings is 1. The summed E-state index contributed by atoms with van der Waals surface area (Å²) in [6.45, 7) is 11.7. The molecule has 0 atom stereocenters. The molecular weight excluding hydrogens is 424 g/mol. The molecular formula is C28H32N4S. The zero-order valence-electron chi connectivity index (χ0n) is 20.1. The molecule has 0 saturated heterocycles. The zero-order valence-corrected chi connectivity index (χ0v) is 20.9. The van der Waals surface area contributed by atoms with E-state index in [2.05, 4.69) is 88.5 Å². The van der Waals surface area contributed by atoms with E-state index in [-0.39, 0.29) is 5.41 Å². The molecule has 0 aliphatic heterocycles. The molecule has 0 unspecified atom stereocenters. The Bertz CT molecular complexity index is 1230. The summed E-state index contributed by atoms with van der Waals surface area (Å²) in [7, 11) is 0. The van der Waals surface area contributed by atoms with Gasteiger partial charge in [-0.25, -0.2) is 4.98 Å². The highest BCUT2D eigenvalue weighted by molar-refractivity contribution is 7.09. The van der Waals surface area contributed by atoms with Gasteiger partial charge < -0.3 is 0 Å². The van der Waals surface area contributed by atoms with Crippen LogP contribution in [-0.2, 0) is 12.0 Å². The molecule has 0 aliphatic rings. The van der Waals surface area contributed by atoms with Crippen LogP contribution in [0.3, 0.4) is 0 Å². The van der Waals surface area contributed by atoms with Crippen molar-refractivity contribution < 1.29 is 0 Å². The van der Waals surface area contributed by atoms with Gasteiger partial charge in [-0.05, 0) is 25.0 Å². The van der Waals surface area contributed by atoms with E-state index in [1.807, 2.05) is 18.2 Å².